The molecule has 23 heavy (non-hydrogen) atoms. The molecule has 1 aromatic heterocycles. The number of guanidine groups is 1. The molecule has 126 valence electrons. The van der Waals surface area contributed by atoms with E-state index >= 15 is 0 Å². The lowest BCUT2D eigenvalue weighted by molar-refractivity contribution is 0.242. The third kappa shape index (κ3) is 4.67. The molecule has 0 radical (unpaired) electrons. The van der Waals surface area contributed by atoms with Crippen molar-refractivity contribution < 1.29 is 0 Å². The van der Waals surface area contributed by atoms with Gasteiger partial charge in [-0.1, -0.05) is 18.9 Å². The SMILES string of the molecule is CN=C(NCCc1cccnc1)NC1CCN(C2CCCC2)C1. The molecule has 3 rings (SSSR count). The third-order valence-electron chi connectivity index (χ3n) is 5.05. The molecule has 0 bridgehead atoms. The number of pyridine rings is 1. The number of nitrogens with one attached hydrogen (secondary N) is 2. The summed E-state index contributed by atoms with van der Waals surface area (Å²) in [6.07, 6.45) is 11.5. The smallest absolute Gasteiger partial charge is 0.191 e. The molecule has 2 fully saturated rings. The lowest BCUT2D eigenvalue weighted by Crippen LogP contribution is -2.45. The van der Waals surface area contributed by atoms with E-state index in [1.165, 1.54) is 44.2 Å². The fourth-order valence-corrected chi connectivity index (χ4v) is 3.77. The van der Waals surface area contributed by atoms with E-state index in [9.17, 15) is 0 Å². The number of likely N-dealkylation sites (tertiary alicyclic amines) is 1. The number of aromatic nitrogens is 1. The van der Waals surface area contributed by atoms with Crippen LogP contribution in [0.1, 0.15) is 37.7 Å². The first-order valence-corrected chi connectivity index (χ1v) is 8.95. The summed E-state index contributed by atoms with van der Waals surface area (Å²) in [5.41, 5.74) is 1.25. The highest BCUT2D eigenvalue weighted by molar-refractivity contribution is 5.80. The maximum absolute atomic E-state index is 4.37. The Morgan fingerprint density at radius 1 is 1.35 bits per heavy atom. The summed E-state index contributed by atoms with van der Waals surface area (Å²) in [4.78, 5) is 11.2. The molecule has 1 atom stereocenters. The Bertz CT molecular complexity index is 495. The highest BCUT2D eigenvalue weighted by Gasteiger charge is 2.30. The van der Waals surface area contributed by atoms with Gasteiger partial charge in [-0.15, -0.1) is 0 Å². The van der Waals surface area contributed by atoms with Crippen molar-refractivity contribution in [3.05, 3.63) is 30.1 Å². The van der Waals surface area contributed by atoms with Crippen LogP contribution in [0.2, 0.25) is 0 Å². The largest absolute Gasteiger partial charge is 0.356 e. The zero-order valence-electron chi connectivity index (χ0n) is 14.2. The molecular weight excluding hydrogens is 286 g/mol. The van der Waals surface area contributed by atoms with E-state index in [1.54, 1.807) is 0 Å². The minimum atomic E-state index is 0.528. The van der Waals surface area contributed by atoms with Gasteiger partial charge in [-0.2, -0.15) is 0 Å². The van der Waals surface area contributed by atoms with Crippen molar-refractivity contribution in [3.63, 3.8) is 0 Å². The number of hydrogen-bond donors (Lipinski definition) is 2. The molecule has 2 N–H and O–H groups in total. The number of nitrogens with zero attached hydrogens (tertiary/aromatic N) is 3. The highest BCUT2D eigenvalue weighted by Crippen LogP contribution is 2.26. The van der Waals surface area contributed by atoms with Crippen LogP contribution in [-0.2, 0) is 6.42 Å². The second-order valence-corrected chi connectivity index (χ2v) is 6.67. The van der Waals surface area contributed by atoms with Crippen LogP contribution in [0.15, 0.2) is 29.5 Å². The standard InChI is InChI=1S/C18H29N5/c1-19-18(21-11-8-15-5-4-10-20-13-15)22-16-9-12-23(14-16)17-6-2-3-7-17/h4-5,10,13,16-17H,2-3,6-9,11-12,14H2,1H3,(H2,19,21,22). The molecule has 0 spiro atoms. The molecule has 5 heteroatoms. The van der Waals surface area contributed by atoms with Gasteiger partial charge in [0.1, 0.15) is 0 Å². The average molecular weight is 315 g/mol. The van der Waals surface area contributed by atoms with Crippen molar-refractivity contribution >= 4 is 5.96 Å². The molecule has 2 aliphatic rings. The lowest BCUT2D eigenvalue weighted by atomic mass is 10.2. The molecule has 5 nitrogen and oxygen atoms in total. The van der Waals surface area contributed by atoms with Crippen LogP contribution < -0.4 is 10.6 Å². The summed E-state index contributed by atoms with van der Waals surface area (Å²) >= 11 is 0. The molecule has 1 saturated carbocycles. The molecule has 1 aliphatic carbocycles. The summed E-state index contributed by atoms with van der Waals surface area (Å²) in [5.74, 6) is 0.923. The topological polar surface area (TPSA) is 52.6 Å². The van der Waals surface area contributed by atoms with Crippen LogP contribution >= 0.6 is 0 Å². The van der Waals surface area contributed by atoms with E-state index in [4.69, 9.17) is 0 Å². The van der Waals surface area contributed by atoms with E-state index in [0.29, 0.717) is 6.04 Å². The molecule has 1 unspecified atom stereocenters. The zero-order chi connectivity index (χ0) is 15.9. The Morgan fingerprint density at radius 2 is 2.22 bits per heavy atom. The maximum Gasteiger partial charge on any atom is 0.191 e. The van der Waals surface area contributed by atoms with E-state index in [2.05, 4.69) is 31.6 Å². The molecule has 0 amide bonds. The van der Waals surface area contributed by atoms with Gasteiger partial charge in [0, 0.05) is 51.2 Å². The first-order chi connectivity index (χ1) is 11.3. The molecule has 0 aromatic carbocycles. The molecule has 1 aromatic rings. The second-order valence-electron chi connectivity index (χ2n) is 6.67. The average Bonchev–Trinajstić information content (AvgIpc) is 3.26. The Morgan fingerprint density at radius 3 is 2.96 bits per heavy atom. The van der Waals surface area contributed by atoms with Gasteiger partial charge >= 0.3 is 0 Å². The predicted molar refractivity (Wildman–Crippen MR) is 94.7 cm³/mol. The Balaban J connectivity index is 1.39. The van der Waals surface area contributed by atoms with Crippen molar-refractivity contribution in [3.8, 4) is 0 Å². The van der Waals surface area contributed by atoms with Crippen LogP contribution in [-0.4, -0.2) is 54.6 Å². The summed E-state index contributed by atoms with van der Waals surface area (Å²) in [5, 5.41) is 7.01. The van der Waals surface area contributed by atoms with Crippen molar-refractivity contribution in [2.24, 2.45) is 4.99 Å². The molecular formula is C18H29N5. The number of hydrogen-bond acceptors (Lipinski definition) is 3. The first-order valence-electron chi connectivity index (χ1n) is 8.95. The monoisotopic (exact) mass is 315 g/mol. The quantitative estimate of drug-likeness (QED) is 0.643. The van der Waals surface area contributed by atoms with Gasteiger partial charge in [-0.05, 0) is 37.3 Å². The van der Waals surface area contributed by atoms with Gasteiger partial charge in [0.25, 0.3) is 0 Å². The third-order valence-corrected chi connectivity index (χ3v) is 5.05. The number of rotatable bonds is 5. The van der Waals surface area contributed by atoms with Gasteiger partial charge in [0.2, 0.25) is 0 Å². The molecule has 2 heterocycles. The summed E-state index contributed by atoms with van der Waals surface area (Å²) in [6.45, 7) is 3.27. The van der Waals surface area contributed by atoms with Crippen molar-refractivity contribution in [2.75, 3.05) is 26.7 Å². The second kappa shape index (κ2) is 8.29. The highest BCUT2D eigenvalue weighted by atomic mass is 15.3. The van der Waals surface area contributed by atoms with Crippen LogP contribution in [0.5, 0.6) is 0 Å². The zero-order valence-corrected chi connectivity index (χ0v) is 14.2. The summed E-state index contributed by atoms with van der Waals surface area (Å²) < 4.78 is 0. The van der Waals surface area contributed by atoms with E-state index in [1.807, 2.05) is 25.5 Å². The molecule has 1 saturated heterocycles. The van der Waals surface area contributed by atoms with Crippen molar-refractivity contribution in [1.82, 2.24) is 20.5 Å². The van der Waals surface area contributed by atoms with Gasteiger partial charge in [-0.3, -0.25) is 14.9 Å². The van der Waals surface area contributed by atoms with Crippen molar-refractivity contribution in [1.29, 1.82) is 0 Å². The Labute approximate surface area is 139 Å². The Kier molecular flexibility index (Phi) is 5.86. The predicted octanol–water partition coefficient (Wildman–Crippen LogP) is 1.81. The van der Waals surface area contributed by atoms with Gasteiger partial charge in [0.15, 0.2) is 5.96 Å². The van der Waals surface area contributed by atoms with Gasteiger partial charge < -0.3 is 10.6 Å². The maximum atomic E-state index is 4.37. The summed E-state index contributed by atoms with van der Waals surface area (Å²) in [7, 11) is 1.85. The Hall–Kier alpha value is -1.62. The van der Waals surface area contributed by atoms with Crippen LogP contribution in [0, 0.1) is 0 Å². The van der Waals surface area contributed by atoms with Crippen LogP contribution in [0.4, 0.5) is 0 Å². The van der Waals surface area contributed by atoms with Crippen molar-refractivity contribution in [2.45, 2.75) is 50.6 Å². The van der Waals surface area contributed by atoms with E-state index < -0.39 is 0 Å². The summed E-state index contributed by atoms with van der Waals surface area (Å²) in [6, 6.07) is 5.46. The fourth-order valence-electron chi connectivity index (χ4n) is 3.77. The minimum absolute atomic E-state index is 0.528. The van der Waals surface area contributed by atoms with Crippen LogP contribution in [0.25, 0.3) is 0 Å². The van der Waals surface area contributed by atoms with Gasteiger partial charge in [0.05, 0.1) is 0 Å². The fraction of sp³-hybridized carbons (Fsp3) is 0.667. The van der Waals surface area contributed by atoms with Gasteiger partial charge in [-0.25, -0.2) is 0 Å². The number of aliphatic imine (C=N–C) groups is 1. The van der Waals surface area contributed by atoms with Crippen LogP contribution in [0.3, 0.4) is 0 Å². The molecule has 1 aliphatic heterocycles. The van der Waals surface area contributed by atoms with E-state index in [0.717, 1.165) is 31.5 Å². The minimum Gasteiger partial charge on any atom is -0.356 e. The first kappa shape index (κ1) is 16.2. The normalized spacial score (nSPS) is 23.3. The lowest BCUT2D eigenvalue weighted by Gasteiger charge is -2.24. The van der Waals surface area contributed by atoms with E-state index in [-0.39, 0.29) is 0 Å².